The van der Waals surface area contributed by atoms with E-state index in [9.17, 15) is 19.8 Å². The second kappa shape index (κ2) is 20.5. The van der Waals surface area contributed by atoms with E-state index in [1.807, 2.05) is 61.2 Å². The van der Waals surface area contributed by atoms with Gasteiger partial charge in [0.15, 0.2) is 11.5 Å². The molecule has 13 nitrogen and oxygen atoms in total. The van der Waals surface area contributed by atoms with Crippen LogP contribution >= 0.6 is 0 Å². The van der Waals surface area contributed by atoms with Gasteiger partial charge in [-0.15, -0.1) is 6.58 Å². The van der Waals surface area contributed by atoms with Crippen molar-refractivity contribution in [3.8, 4) is 23.0 Å². The Kier molecular flexibility index (Phi) is 14.7. The first kappa shape index (κ1) is 43.7. The van der Waals surface area contributed by atoms with Gasteiger partial charge >= 0.3 is 6.09 Å². The van der Waals surface area contributed by atoms with Crippen LogP contribution in [0.3, 0.4) is 0 Å². The number of aliphatic hydroxyl groups is 2. The lowest BCUT2D eigenvalue weighted by molar-refractivity contribution is -0.254. The normalized spacial score (nSPS) is 23.8. The number of nitrogens with one attached hydrogen (secondary N) is 1. The van der Waals surface area contributed by atoms with Crippen molar-refractivity contribution in [2.24, 2.45) is 22.9 Å². The molecule has 2 aliphatic carbocycles. The number of unbranched alkanes of at least 4 members (excludes halogenated alkanes) is 2. The quantitative estimate of drug-likeness (QED) is 0.0581. The lowest BCUT2D eigenvalue weighted by Gasteiger charge is -2.60. The molecule has 2 aliphatic heterocycles. The summed E-state index contributed by atoms with van der Waals surface area (Å²) in [6, 6.07) is 19.6. The maximum absolute atomic E-state index is 15.0. The molecule has 6 atom stereocenters. The van der Waals surface area contributed by atoms with E-state index in [2.05, 4.69) is 18.0 Å². The summed E-state index contributed by atoms with van der Waals surface area (Å²) in [4.78, 5) is 35.9. The number of benzene rings is 3. The van der Waals surface area contributed by atoms with Gasteiger partial charge < -0.3 is 49.0 Å². The number of allylic oxidation sites excluding steroid dienone is 1. The third kappa shape index (κ3) is 9.44. The molecule has 0 radical (unpaired) electrons. The van der Waals surface area contributed by atoms with E-state index in [4.69, 9.17) is 33.7 Å². The number of ether oxygens (including phenoxy) is 5. The molecule has 3 aromatic rings. The van der Waals surface area contributed by atoms with Crippen LogP contribution in [0.1, 0.15) is 92.6 Å². The van der Waals surface area contributed by atoms with E-state index in [1.54, 1.807) is 30.3 Å². The molecule has 13 heteroatoms. The number of rotatable bonds is 20. The maximum atomic E-state index is 15.0. The second-order valence-corrected chi connectivity index (χ2v) is 16.0. The molecule has 3 N–H and O–H groups in total. The lowest BCUT2D eigenvalue weighted by atomic mass is 9.55. The average Bonchev–Trinajstić information content (AvgIpc) is 3.76. The molecule has 0 spiro atoms. The molecule has 0 saturated heterocycles. The highest BCUT2D eigenvalue weighted by Gasteiger charge is 2.65. The second-order valence-electron chi connectivity index (χ2n) is 16.0. The van der Waals surface area contributed by atoms with E-state index in [1.165, 1.54) is 0 Å². The summed E-state index contributed by atoms with van der Waals surface area (Å²) in [5, 5.41) is 27.4. The molecule has 7 rings (SSSR count). The highest BCUT2D eigenvalue weighted by Crippen LogP contribution is 2.62. The van der Waals surface area contributed by atoms with Gasteiger partial charge in [0.1, 0.15) is 24.1 Å². The minimum atomic E-state index is -1.43. The molecule has 4 aliphatic rings. The van der Waals surface area contributed by atoms with Crippen molar-refractivity contribution in [1.29, 1.82) is 0 Å². The van der Waals surface area contributed by atoms with Gasteiger partial charge in [-0.3, -0.25) is 4.79 Å². The summed E-state index contributed by atoms with van der Waals surface area (Å²) in [7, 11) is 0. The standard InChI is InChI=1S/C48H59N3O10/c1-4-22-51(46(54)34-18-20-41-42(27-34)57-31-56-41)43-29-39(50-59-6-3)37-26-33(16-10-12-23-52)36(17-11-13-24-53)44-38-28-35(60-47(55)49-30-32-14-8-7-9-15-32)19-21-40(38)61-48(43,45(37)44)58-25-5-2/h5,7-9,14-15,18-21,26-28,33,36,43-45,52-53H,2,4,6,10-13,16-17,22-25,29-31H2,1,3H3,(H,49,55)/t33-,36+,43-,44+,45+,48+/m0/s1. The third-order valence-corrected chi connectivity index (χ3v) is 12.2. The van der Waals surface area contributed by atoms with Gasteiger partial charge in [0, 0.05) is 49.8 Å². The van der Waals surface area contributed by atoms with E-state index in [0.717, 1.165) is 42.4 Å². The highest BCUT2D eigenvalue weighted by molar-refractivity contribution is 6.03. The molecular formula is C48H59N3O10. The molecule has 0 bridgehead atoms. The Bertz CT molecular complexity index is 2060. The molecule has 1 fully saturated rings. The molecule has 1 saturated carbocycles. The van der Waals surface area contributed by atoms with E-state index < -0.39 is 23.8 Å². The number of hydrogen-bond donors (Lipinski definition) is 3. The van der Waals surface area contributed by atoms with Crippen molar-refractivity contribution >= 4 is 17.7 Å². The van der Waals surface area contributed by atoms with Crippen LogP contribution in [0.2, 0.25) is 0 Å². The zero-order valence-electron chi connectivity index (χ0n) is 35.3. The molecule has 2 amide bonds. The van der Waals surface area contributed by atoms with Gasteiger partial charge in [0.05, 0.1) is 18.2 Å². The van der Waals surface area contributed by atoms with Gasteiger partial charge in [0.2, 0.25) is 12.6 Å². The number of oxime groups is 1. The molecule has 2 heterocycles. The molecule has 326 valence electrons. The highest BCUT2D eigenvalue weighted by atomic mass is 16.7. The van der Waals surface area contributed by atoms with Crippen LogP contribution in [0, 0.1) is 17.8 Å². The third-order valence-electron chi connectivity index (χ3n) is 12.2. The smallest absolute Gasteiger partial charge is 0.412 e. The fourth-order valence-corrected chi connectivity index (χ4v) is 9.60. The van der Waals surface area contributed by atoms with Crippen molar-refractivity contribution in [2.45, 2.75) is 89.5 Å². The Morgan fingerprint density at radius 1 is 0.967 bits per heavy atom. The summed E-state index contributed by atoms with van der Waals surface area (Å²) in [6.07, 6.45) is 8.79. The Hall–Kier alpha value is -5.37. The zero-order chi connectivity index (χ0) is 42.8. The largest absolute Gasteiger partial charge is 0.459 e. The topological polar surface area (TPSA) is 158 Å². The van der Waals surface area contributed by atoms with Crippen molar-refractivity contribution < 1.29 is 48.3 Å². The first-order valence-electron chi connectivity index (χ1n) is 21.8. The van der Waals surface area contributed by atoms with Gasteiger partial charge in [-0.1, -0.05) is 67.4 Å². The number of carbonyl (C=O) groups is 2. The minimum Gasteiger partial charge on any atom is -0.459 e. The maximum Gasteiger partial charge on any atom is 0.412 e. The van der Waals surface area contributed by atoms with Crippen LogP contribution in [0.15, 0.2) is 96.2 Å². The molecule has 3 aromatic carbocycles. The van der Waals surface area contributed by atoms with Crippen LogP contribution < -0.4 is 24.3 Å². The van der Waals surface area contributed by atoms with Crippen molar-refractivity contribution in [3.63, 3.8) is 0 Å². The predicted octanol–water partition coefficient (Wildman–Crippen LogP) is 7.91. The lowest BCUT2D eigenvalue weighted by Crippen LogP contribution is -2.70. The fourth-order valence-electron chi connectivity index (χ4n) is 9.60. The van der Waals surface area contributed by atoms with Gasteiger partial charge in [-0.05, 0) is 98.4 Å². The molecule has 0 unspecified atom stereocenters. The summed E-state index contributed by atoms with van der Waals surface area (Å²) < 4.78 is 31.6. The monoisotopic (exact) mass is 837 g/mol. The summed E-state index contributed by atoms with van der Waals surface area (Å²) in [5.41, 5.74) is 3.87. The van der Waals surface area contributed by atoms with Crippen LogP contribution in [0.4, 0.5) is 4.79 Å². The SMILES string of the molecule is C=CCO[C@@]12Oc3ccc(OC(=O)NCc4ccccc4)cc3[C@H]3[C@H](CCCCO)[C@@H](CCCCO)C=C(C(=NOCC)C[C@@H]1N(CCC)C(=O)c1ccc4c(c1)OCO4)[C@H]32. The number of nitrogens with zero attached hydrogens (tertiary/aromatic N) is 2. The molecular weight excluding hydrogens is 779 g/mol. The Morgan fingerprint density at radius 2 is 1.74 bits per heavy atom. The summed E-state index contributed by atoms with van der Waals surface area (Å²) in [5.74, 6) is -0.361. The van der Waals surface area contributed by atoms with Crippen molar-refractivity contribution in [1.82, 2.24) is 10.2 Å². The zero-order valence-corrected chi connectivity index (χ0v) is 35.3. The number of fused-ring (bicyclic) bond motifs is 3. The van der Waals surface area contributed by atoms with Crippen LogP contribution in [0.5, 0.6) is 23.0 Å². The van der Waals surface area contributed by atoms with E-state index >= 15 is 0 Å². The van der Waals surface area contributed by atoms with Gasteiger partial charge in [-0.2, -0.15) is 0 Å². The number of amides is 2. The Morgan fingerprint density at radius 3 is 2.49 bits per heavy atom. The number of hydrogen-bond acceptors (Lipinski definition) is 11. The minimum absolute atomic E-state index is 0.00628. The Balaban J connectivity index is 1.38. The molecule has 61 heavy (non-hydrogen) atoms. The predicted molar refractivity (Wildman–Crippen MR) is 230 cm³/mol. The first-order chi connectivity index (χ1) is 29.8. The van der Waals surface area contributed by atoms with Crippen LogP contribution in [0.25, 0.3) is 0 Å². The summed E-state index contributed by atoms with van der Waals surface area (Å²) in [6.45, 7) is 9.37. The van der Waals surface area contributed by atoms with E-state index in [0.29, 0.717) is 73.2 Å². The Labute approximate surface area is 358 Å². The van der Waals surface area contributed by atoms with Gasteiger partial charge in [-0.25, -0.2) is 4.79 Å². The van der Waals surface area contributed by atoms with Crippen molar-refractivity contribution in [2.75, 3.05) is 39.8 Å². The van der Waals surface area contributed by atoms with Crippen LogP contribution in [-0.2, 0) is 16.1 Å². The van der Waals surface area contributed by atoms with Crippen molar-refractivity contribution in [3.05, 3.63) is 108 Å². The number of aliphatic hydroxyl groups excluding tert-OH is 2. The van der Waals surface area contributed by atoms with E-state index in [-0.39, 0.29) is 56.7 Å². The first-order valence-corrected chi connectivity index (χ1v) is 21.8. The fraction of sp³-hybridized carbons (Fsp3) is 0.479. The number of carbonyl (C=O) groups excluding carboxylic acids is 2. The average molecular weight is 838 g/mol. The molecule has 0 aromatic heterocycles. The van der Waals surface area contributed by atoms with Gasteiger partial charge in [0.25, 0.3) is 5.91 Å². The summed E-state index contributed by atoms with van der Waals surface area (Å²) >= 11 is 0. The van der Waals surface area contributed by atoms with Crippen LogP contribution in [-0.4, -0.2) is 84.4 Å².